The summed E-state index contributed by atoms with van der Waals surface area (Å²) in [7, 11) is 1.60. The van der Waals surface area contributed by atoms with Crippen LogP contribution in [-0.2, 0) is 6.54 Å². The molecule has 8 nitrogen and oxygen atoms in total. The maximum Gasteiger partial charge on any atom is 0.161 e. The van der Waals surface area contributed by atoms with Gasteiger partial charge >= 0.3 is 0 Å². The van der Waals surface area contributed by atoms with E-state index in [4.69, 9.17) is 16.3 Å². The number of hydrogen-bond donors (Lipinski definition) is 4. The van der Waals surface area contributed by atoms with E-state index < -0.39 is 0 Å². The van der Waals surface area contributed by atoms with Gasteiger partial charge in [0, 0.05) is 12.1 Å². The highest BCUT2D eigenvalue weighted by Crippen LogP contribution is 2.31. The van der Waals surface area contributed by atoms with Crippen LogP contribution in [0.2, 0.25) is 0 Å². The van der Waals surface area contributed by atoms with E-state index >= 15 is 0 Å². The summed E-state index contributed by atoms with van der Waals surface area (Å²) in [4.78, 5) is 0. The number of rotatable bonds is 6. The minimum Gasteiger partial charge on any atom is -0.493 e. The van der Waals surface area contributed by atoms with Gasteiger partial charge in [-0.25, -0.2) is 5.43 Å². The first-order valence-electron chi connectivity index (χ1n) is 6.07. The zero-order valence-corrected chi connectivity index (χ0v) is 11.1. The number of nitrogens with zero attached hydrogens (tertiary/aromatic N) is 3. The van der Waals surface area contributed by atoms with Crippen LogP contribution in [0.1, 0.15) is 30.6 Å². The molecule has 2 aromatic rings. The number of anilines is 1. The minimum absolute atomic E-state index is 0.331. The van der Waals surface area contributed by atoms with Crippen LogP contribution in [0.4, 0.5) is 5.82 Å². The molecule has 2 heterocycles. The first kappa shape index (κ1) is 13.4. The smallest absolute Gasteiger partial charge is 0.161 e. The third-order valence-corrected chi connectivity index (χ3v) is 2.95. The van der Waals surface area contributed by atoms with E-state index in [-0.39, 0.29) is 6.04 Å². The Morgan fingerprint density at radius 2 is 2.32 bits per heavy atom. The molecule has 1 unspecified atom stereocenters. The van der Waals surface area contributed by atoms with Crippen molar-refractivity contribution in [2.24, 2.45) is 5.84 Å². The predicted octanol–water partition coefficient (Wildman–Crippen LogP) is 0.160. The Balaban J connectivity index is 2.48. The number of aromatic nitrogens is 4. The molecule has 1 atom stereocenters. The SMILES string of the molecule is CCCn1ncc(OC)c1C(NN)c1cn[nH]c1N. The molecule has 0 saturated heterocycles. The van der Waals surface area contributed by atoms with Crippen LogP contribution < -0.4 is 21.7 Å². The number of hydrazine groups is 1. The van der Waals surface area contributed by atoms with Crippen LogP contribution in [0.25, 0.3) is 0 Å². The van der Waals surface area contributed by atoms with E-state index in [1.54, 1.807) is 19.5 Å². The van der Waals surface area contributed by atoms with Gasteiger partial charge in [-0.15, -0.1) is 0 Å². The molecule has 0 aliphatic heterocycles. The second kappa shape index (κ2) is 5.72. The number of hydrogen-bond acceptors (Lipinski definition) is 6. The lowest BCUT2D eigenvalue weighted by molar-refractivity contribution is 0.398. The fraction of sp³-hybridized carbons (Fsp3) is 0.455. The van der Waals surface area contributed by atoms with Gasteiger partial charge in [-0.1, -0.05) is 6.92 Å². The molecule has 2 rings (SSSR count). The van der Waals surface area contributed by atoms with Crippen LogP contribution in [-0.4, -0.2) is 27.1 Å². The maximum absolute atomic E-state index is 5.85. The molecule has 0 fully saturated rings. The van der Waals surface area contributed by atoms with Gasteiger partial charge in [0.25, 0.3) is 0 Å². The summed E-state index contributed by atoms with van der Waals surface area (Å²) in [5, 5.41) is 10.9. The number of ether oxygens (including phenoxy) is 1. The van der Waals surface area contributed by atoms with Gasteiger partial charge in [0.15, 0.2) is 5.75 Å². The van der Waals surface area contributed by atoms with Gasteiger partial charge in [0.2, 0.25) is 0 Å². The van der Waals surface area contributed by atoms with E-state index in [1.807, 2.05) is 4.68 Å². The lowest BCUT2D eigenvalue weighted by Gasteiger charge is -2.18. The van der Waals surface area contributed by atoms with Crippen LogP contribution in [0.5, 0.6) is 5.75 Å². The monoisotopic (exact) mass is 265 g/mol. The van der Waals surface area contributed by atoms with Crippen molar-refractivity contribution in [1.82, 2.24) is 25.4 Å². The normalized spacial score (nSPS) is 12.6. The number of nitrogen functional groups attached to an aromatic ring is 1. The summed E-state index contributed by atoms with van der Waals surface area (Å²) in [6.45, 7) is 2.85. The van der Waals surface area contributed by atoms with E-state index in [9.17, 15) is 0 Å². The Kier molecular flexibility index (Phi) is 4.03. The Bertz CT molecular complexity index is 533. The zero-order valence-electron chi connectivity index (χ0n) is 11.1. The molecule has 2 aromatic heterocycles. The summed E-state index contributed by atoms with van der Waals surface area (Å²) < 4.78 is 7.20. The molecule has 0 saturated carbocycles. The molecule has 0 aromatic carbocycles. The molecule has 0 amide bonds. The summed E-state index contributed by atoms with van der Waals surface area (Å²) >= 11 is 0. The van der Waals surface area contributed by atoms with E-state index in [0.29, 0.717) is 11.6 Å². The first-order valence-corrected chi connectivity index (χ1v) is 6.07. The van der Waals surface area contributed by atoms with Crippen LogP contribution in [0, 0.1) is 0 Å². The topological polar surface area (TPSA) is 120 Å². The Labute approximate surface area is 111 Å². The number of aromatic amines is 1. The molecular weight excluding hydrogens is 246 g/mol. The number of H-pyrrole nitrogens is 1. The Morgan fingerprint density at radius 1 is 1.53 bits per heavy atom. The quantitative estimate of drug-likeness (QED) is 0.436. The summed E-state index contributed by atoms with van der Waals surface area (Å²) in [5.41, 5.74) is 10.2. The Hall–Kier alpha value is -2.06. The third kappa shape index (κ3) is 2.40. The third-order valence-electron chi connectivity index (χ3n) is 2.95. The van der Waals surface area contributed by atoms with Gasteiger partial charge < -0.3 is 10.5 Å². The van der Waals surface area contributed by atoms with Crippen LogP contribution in [0.3, 0.4) is 0 Å². The second-order valence-electron chi connectivity index (χ2n) is 4.16. The maximum atomic E-state index is 5.85. The summed E-state index contributed by atoms with van der Waals surface area (Å²) in [6.07, 6.45) is 4.27. The largest absolute Gasteiger partial charge is 0.493 e. The lowest BCUT2D eigenvalue weighted by Crippen LogP contribution is -2.31. The minimum atomic E-state index is -0.331. The number of nitrogens with two attached hydrogens (primary N) is 2. The van der Waals surface area contributed by atoms with Gasteiger partial charge in [0.1, 0.15) is 11.5 Å². The van der Waals surface area contributed by atoms with Gasteiger partial charge in [-0.2, -0.15) is 10.2 Å². The molecule has 0 aliphatic carbocycles. The molecule has 0 radical (unpaired) electrons. The number of aryl methyl sites for hydroxylation is 1. The van der Waals surface area contributed by atoms with Crippen molar-refractivity contribution in [3.8, 4) is 5.75 Å². The molecule has 0 bridgehead atoms. The lowest BCUT2D eigenvalue weighted by atomic mass is 10.1. The Morgan fingerprint density at radius 3 is 2.84 bits per heavy atom. The van der Waals surface area contributed by atoms with Gasteiger partial charge in [-0.3, -0.25) is 15.6 Å². The highest BCUT2D eigenvalue weighted by atomic mass is 16.5. The average Bonchev–Trinajstić information content (AvgIpc) is 3.00. The molecule has 19 heavy (non-hydrogen) atoms. The summed E-state index contributed by atoms with van der Waals surface area (Å²) in [6, 6.07) is -0.331. The van der Waals surface area contributed by atoms with Crippen LogP contribution >= 0.6 is 0 Å². The first-order chi connectivity index (χ1) is 9.22. The van der Waals surface area contributed by atoms with Gasteiger partial charge in [-0.05, 0) is 6.42 Å². The van der Waals surface area contributed by atoms with Crippen molar-refractivity contribution in [3.05, 3.63) is 23.7 Å². The molecule has 6 N–H and O–H groups in total. The molecule has 0 aliphatic rings. The van der Waals surface area contributed by atoms with Crippen molar-refractivity contribution >= 4 is 5.82 Å². The average molecular weight is 265 g/mol. The molecular formula is C11H19N7O. The summed E-state index contributed by atoms with van der Waals surface area (Å²) in [5.74, 6) is 6.80. The highest BCUT2D eigenvalue weighted by Gasteiger charge is 2.25. The standard InChI is InChI=1S/C11H19N7O/c1-3-4-18-10(8(19-2)6-15-18)9(16-13)7-5-14-17-11(7)12/h5-6,9,16H,3-4,13H2,1-2H3,(H3,12,14,17). The van der Waals surface area contributed by atoms with Gasteiger partial charge in [0.05, 0.1) is 25.5 Å². The van der Waals surface area contributed by atoms with E-state index in [0.717, 1.165) is 24.2 Å². The predicted molar refractivity (Wildman–Crippen MR) is 71.2 cm³/mol. The van der Waals surface area contributed by atoms with E-state index in [2.05, 4.69) is 27.6 Å². The number of methoxy groups -OCH3 is 1. The van der Waals surface area contributed by atoms with Crippen molar-refractivity contribution in [2.75, 3.05) is 12.8 Å². The van der Waals surface area contributed by atoms with Crippen molar-refractivity contribution in [3.63, 3.8) is 0 Å². The molecule has 104 valence electrons. The molecule has 0 spiro atoms. The molecule has 8 heteroatoms. The fourth-order valence-corrected chi connectivity index (χ4v) is 2.07. The van der Waals surface area contributed by atoms with Crippen molar-refractivity contribution < 1.29 is 4.74 Å². The van der Waals surface area contributed by atoms with Crippen molar-refractivity contribution in [2.45, 2.75) is 25.9 Å². The second-order valence-corrected chi connectivity index (χ2v) is 4.16. The van der Waals surface area contributed by atoms with Crippen LogP contribution in [0.15, 0.2) is 12.4 Å². The highest BCUT2D eigenvalue weighted by molar-refractivity contribution is 5.45. The zero-order chi connectivity index (χ0) is 13.8. The fourth-order valence-electron chi connectivity index (χ4n) is 2.07. The number of nitrogens with one attached hydrogen (secondary N) is 2. The van der Waals surface area contributed by atoms with E-state index in [1.165, 1.54) is 0 Å². The van der Waals surface area contributed by atoms with Crippen molar-refractivity contribution in [1.29, 1.82) is 0 Å².